The summed E-state index contributed by atoms with van der Waals surface area (Å²) in [5.41, 5.74) is 3.37. The molecule has 3 aromatic rings. The molecule has 30 heavy (non-hydrogen) atoms. The van der Waals surface area contributed by atoms with Crippen LogP contribution < -0.4 is 4.74 Å². The van der Waals surface area contributed by atoms with Gasteiger partial charge in [-0.25, -0.2) is 4.39 Å². The second-order valence-corrected chi connectivity index (χ2v) is 8.25. The van der Waals surface area contributed by atoms with Gasteiger partial charge in [-0.1, -0.05) is 66.8 Å². The number of piperidine rings is 1. The normalized spacial score (nSPS) is 14.5. The van der Waals surface area contributed by atoms with Gasteiger partial charge in [-0.3, -0.25) is 0 Å². The maximum absolute atomic E-state index is 13.0. The summed E-state index contributed by atoms with van der Waals surface area (Å²) in [6.45, 7) is 2.40. The van der Waals surface area contributed by atoms with Crippen LogP contribution >= 0.6 is 12.2 Å². The van der Waals surface area contributed by atoms with Gasteiger partial charge >= 0.3 is 0 Å². The van der Waals surface area contributed by atoms with Crippen molar-refractivity contribution in [3.63, 3.8) is 0 Å². The largest absolute Gasteiger partial charge is 0.489 e. The second-order valence-electron chi connectivity index (χ2n) is 7.87. The molecule has 4 rings (SSSR count). The van der Waals surface area contributed by atoms with Gasteiger partial charge in [0.2, 0.25) is 0 Å². The minimum absolute atomic E-state index is 0.237. The van der Waals surface area contributed by atoms with E-state index in [1.807, 2.05) is 24.3 Å². The topological polar surface area (TPSA) is 12.5 Å². The lowest BCUT2D eigenvalue weighted by Crippen LogP contribution is -2.38. The highest BCUT2D eigenvalue weighted by Crippen LogP contribution is 2.24. The fourth-order valence-electron chi connectivity index (χ4n) is 3.94. The molecule has 0 amide bonds. The van der Waals surface area contributed by atoms with Crippen LogP contribution in [0.3, 0.4) is 0 Å². The average molecular weight is 420 g/mol. The fraction of sp³-hybridized carbons (Fsp3) is 0.269. The van der Waals surface area contributed by atoms with Crippen molar-refractivity contribution in [3.8, 4) is 5.75 Å². The third-order valence-electron chi connectivity index (χ3n) is 5.67. The van der Waals surface area contributed by atoms with E-state index >= 15 is 0 Å². The molecule has 0 unspecified atom stereocenters. The predicted molar refractivity (Wildman–Crippen MR) is 123 cm³/mol. The zero-order valence-corrected chi connectivity index (χ0v) is 17.8. The number of rotatable bonds is 6. The molecule has 1 saturated heterocycles. The minimum atomic E-state index is -0.237. The summed E-state index contributed by atoms with van der Waals surface area (Å²) in [4.78, 5) is 3.20. The Labute approximate surface area is 183 Å². The van der Waals surface area contributed by atoms with Crippen LogP contribution in [-0.2, 0) is 13.0 Å². The lowest BCUT2D eigenvalue weighted by molar-refractivity contribution is 0.268. The molecule has 0 radical (unpaired) electrons. The Hall–Kier alpha value is -2.72. The molecule has 1 heterocycles. The third-order valence-corrected chi connectivity index (χ3v) is 6.16. The highest BCUT2D eigenvalue weighted by atomic mass is 32.1. The minimum Gasteiger partial charge on any atom is -0.489 e. The molecule has 2 nitrogen and oxygen atoms in total. The Balaban J connectivity index is 1.31. The zero-order chi connectivity index (χ0) is 20.8. The van der Waals surface area contributed by atoms with Gasteiger partial charge in [-0.05, 0) is 60.6 Å². The molecule has 1 fully saturated rings. The lowest BCUT2D eigenvalue weighted by Gasteiger charge is -2.34. The first-order chi connectivity index (χ1) is 14.7. The first-order valence-electron chi connectivity index (χ1n) is 10.5. The number of hydrogen-bond donors (Lipinski definition) is 0. The highest BCUT2D eigenvalue weighted by Gasteiger charge is 2.22. The third kappa shape index (κ3) is 5.45. The van der Waals surface area contributed by atoms with Crippen molar-refractivity contribution in [1.29, 1.82) is 0 Å². The molecular weight excluding hydrogens is 393 g/mol. The van der Waals surface area contributed by atoms with E-state index in [4.69, 9.17) is 17.0 Å². The summed E-state index contributed by atoms with van der Waals surface area (Å²) in [6.07, 6.45) is 3.47. The van der Waals surface area contributed by atoms with Crippen LogP contribution in [0.4, 0.5) is 4.39 Å². The summed E-state index contributed by atoms with van der Waals surface area (Å²) in [7, 11) is 0. The predicted octanol–water partition coefficient (Wildman–Crippen LogP) is 6.03. The molecule has 154 valence electrons. The Morgan fingerprint density at radius 2 is 1.63 bits per heavy atom. The van der Waals surface area contributed by atoms with Gasteiger partial charge in [0.1, 0.15) is 23.2 Å². The molecule has 0 N–H and O–H groups in total. The number of thiocarbonyl (C=S) groups is 1. The Morgan fingerprint density at radius 1 is 0.900 bits per heavy atom. The van der Waals surface area contributed by atoms with Gasteiger partial charge in [0.25, 0.3) is 0 Å². The Kier molecular flexibility index (Phi) is 6.75. The first-order valence-corrected chi connectivity index (χ1v) is 10.9. The van der Waals surface area contributed by atoms with E-state index in [9.17, 15) is 4.39 Å². The molecule has 0 aliphatic carbocycles. The molecule has 0 spiro atoms. The van der Waals surface area contributed by atoms with Crippen molar-refractivity contribution in [2.75, 3.05) is 13.1 Å². The maximum Gasteiger partial charge on any atom is 0.123 e. The smallest absolute Gasteiger partial charge is 0.123 e. The number of benzene rings is 3. The van der Waals surface area contributed by atoms with Crippen LogP contribution in [0.1, 0.15) is 29.5 Å². The maximum atomic E-state index is 13.0. The van der Waals surface area contributed by atoms with Crippen molar-refractivity contribution in [2.45, 2.75) is 25.9 Å². The zero-order valence-electron chi connectivity index (χ0n) is 17.0. The standard InChI is InChI=1S/C26H26FNOS/c27-24-11-9-22(10-12-24)19-29-25-8-4-7-23(18-25)26(30)28-15-13-21(14-16-28)17-20-5-2-1-3-6-20/h1-12,18,21H,13-17,19H2. The van der Waals surface area contributed by atoms with E-state index in [0.717, 1.165) is 60.1 Å². The number of likely N-dealkylation sites (tertiary alicyclic amines) is 1. The number of nitrogens with zero attached hydrogens (tertiary/aromatic N) is 1. The molecule has 3 aromatic carbocycles. The van der Waals surface area contributed by atoms with Crippen molar-refractivity contribution >= 4 is 17.2 Å². The van der Waals surface area contributed by atoms with Crippen LogP contribution in [-0.4, -0.2) is 23.0 Å². The van der Waals surface area contributed by atoms with Crippen LogP contribution in [0.2, 0.25) is 0 Å². The van der Waals surface area contributed by atoms with Crippen LogP contribution in [0.5, 0.6) is 5.75 Å². The number of ether oxygens (including phenoxy) is 1. The molecule has 4 heteroatoms. The second kappa shape index (κ2) is 9.86. The van der Waals surface area contributed by atoms with E-state index in [1.54, 1.807) is 12.1 Å². The molecule has 0 atom stereocenters. The summed E-state index contributed by atoms with van der Waals surface area (Å²) in [6, 6.07) is 25.1. The Bertz CT molecular complexity index is 966. The fourth-order valence-corrected chi connectivity index (χ4v) is 4.25. The van der Waals surface area contributed by atoms with E-state index in [0.29, 0.717) is 6.61 Å². The molecule has 0 aromatic heterocycles. The van der Waals surface area contributed by atoms with E-state index in [-0.39, 0.29) is 5.82 Å². The number of hydrogen-bond acceptors (Lipinski definition) is 2. The quantitative estimate of drug-likeness (QED) is 0.452. The van der Waals surface area contributed by atoms with E-state index in [2.05, 4.69) is 35.2 Å². The van der Waals surface area contributed by atoms with Gasteiger partial charge in [0.15, 0.2) is 0 Å². The molecule has 0 saturated carbocycles. The summed E-state index contributed by atoms with van der Waals surface area (Å²) < 4.78 is 18.9. The van der Waals surface area contributed by atoms with Crippen LogP contribution in [0.25, 0.3) is 0 Å². The SMILES string of the molecule is Fc1ccc(COc2cccc(C(=S)N3CCC(Cc4ccccc4)CC3)c2)cc1. The summed E-state index contributed by atoms with van der Waals surface area (Å²) in [5, 5.41) is 0. The van der Waals surface area contributed by atoms with Crippen LogP contribution in [0, 0.1) is 11.7 Å². The summed E-state index contributed by atoms with van der Waals surface area (Å²) in [5.74, 6) is 1.26. The van der Waals surface area contributed by atoms with Gasteiger partial charge in [-0.15, -0.1) is 0 Å². The van der Waals surface area contributed by atoms with Crippen molar-refractivity contribution in [2.24, 2.45) is 5.92 Å². The molecule has 1 aliphatic rings. The van der Waals surface area contributed by atoms with Crippen molar-refractivity contribution in [3.05, 3.63) is 101 Å². The van der Waals surface area contributed by atoms with Gasteiger partial charge in [0, 0.05) is 18.7 Å². The monoisotopic (exact) mass is 419 g/mol. The van der Waals surface area contributed by atoms with Gasteiger partial charge in [-0.2, -0.15) is 0 Å². The van der Waals surface area contributed by atoms with E-state index in [1.165, 1.54) is 17.7 Å². The average Bonchev–Trinajstić information content (AvgIpc) is 2.80. The van der Waals surface area contributed by atoms with Crippen molar-refractivity contribution in [1.82, 2.24) is 4.90 Å². The van der Waals surface area contributed by atoms with E-state index < -0.39 is 0 Å². The molecular formula is C26H26FNOS. The first kappa shape index (κ1) is 20.5. The van der Waals surface area contributed by atoms with Crippen molar-refractivity contribution < 1.29 is 9.13 Å². The van der Waals surface area contributed by atoms with Crippen LogP contribution in [0.15, 0.2) is 78.9 Å². The molecule has 0 bridgehead atoms. The number of halogens is 1. The van der Waals surface area contributed by atoms with Gasteiger partial charge in [0.05, 0.1) is 0 Å². The highest BCUT2D eigenvalue weighted by molar-refractivity contribution is 7.80. The van der Waals surface area contributed by atoms with Gasteiger partial charge < -0.3 is 9.64 Å². The molecule has 1 aliphatic heterocycles. The lowest BCUT2D eigenvalue weighted by atomic mass is 9.90. The Morgan fingerprint density at radius 3 is 2.37 bits per heavy atom. The summed E-state index contributed by atoms with van der Waals surface area (Å²) >= 11 is 5.79.